The summed E-state index contributed by atoms with van der Waals surface area (Å²) < 4.78 is 10.5. The fourth-order valence-corrected chi connectivity index (χ4v) is 3.76. The van der Waals surface area contributed by atoms with Crippen molar-refractivity contribution in [1.82, 2.24) is 15.3 Å². The number of carbonyl (C=O) groups excluding carboxylic acids is 1. The van der Waals surface area contributed by atoms with Crippen LogP contribution in [0, 0.1) is 17.2 Å². The highest BCUT2D eigenvalue weighted by Crippen LogP contribution is 2.25. The molecule has 2 aromatic heterocycles. The summed E-state index contributed by atoms with van der Waals surface area (Å²) in [4.78, 5) is 35.3. The molecule has 3 heterocycles. The molecule has 3 aromatic rings. The second-order valence-electron chi connectivity index (χ2n) is 7.31. The number of aromatic nitrogens is 2. The van der Waals surface area contributed by atoms with Gasteiger partial charge in [0.05, 0.1) is 7.11 Å². The average Bonchev–Trinajstić information content (AvgIpc) is 2.82. The number of nitrogens with one attached hydrogen (secondary N) is 1. The lowest BCUT2D eigenvalue weighted by molar-refractivity contribution is 0.0941. The number of hydrogen-bond acceptors (Lipinski definition) is 8. The van der Waals surface area contributed by atoms with Gasteiger partial charge in [-0.05, 0) is 30.9 Å². The summed E-state index contributed by atoms with van der Waals surface area (Å²) in [6.45, 7) is 1.88. The maximum Gasteiger partial charge on any atom is 0.349 e. The molecule has 1 fully saturated rings. The van der Waals surface area contributed by atoms with Crippen molar-refractivity contribution in [2.24, 2.45) is 5.92 Å². The Hall–Kier alpha value is -3.93. The van der Waals surface area contributed by atoms with Crippen LogP contribution >= 0.6 is 0 Å². The number of nitriles is 1. The normalized spacial score (nSPS) is 14.3. The Kier molecular flexibility index (Phi) is 5.80. The Morgan fingerprint density at radius 3 is 2.84 bits per heavy atom. The molecule has 9 heteroatoms. The van der Waals surface area contributed by atoms with Gasteiger partial charge in [-0.15, -0.1) is 0 Å². The van der Waals surface area contributed by atoms with E-state index < -0.39 is 11.5 Å². The van der Waals surface area contributed by atoms with E-state index in [9.17, 15) is 14.9 Å². The van der Waals surface area contributed by atoms with Crippen LogP contribution in [0.5, 0.6) is 5.75 Å². The molecule has 1 aromatic carbocycles. The van der Waals surface area contributed by atoms with Gasteiger partial charge in [0.2, 0.25) is 0 Å². The predicted octanol–water partition coefficient (Wildman–Crippen LogP) is 2.11. The summed E-state index contributed by atoms with van der Waals surface area (Å²) in [5.74, 6) is 0.837. The van der Waals surface area contributed by atoms with Crippen molar-refractivity contribution in [1.29, 1.82) is 5.26 Å². The van der Waals surface area contributed by atoms with Gasteiger partial charge in [-0.2, -0.15) is 5.26 Å². The van der Waals surface area contributed by atoms with Crippen molar-refractivity contribution in [2.75, 3.05) is 31.6 Å². The molecule has 0 spiro atoms. The standard InChI is InChI=1S/C22H21N5O4/c1-30-18-4-2-3-15-11-16(22(29)31-19(15)18)21(28)26-13-14-5-9-27(10-6-14)20-17(12-23)24-7-8-25-20/h2-4,7-8,11,14H,5-6,9-10,13H2,1H3,(H,26,28). The van der Waals surface area contributed by atoms with E-state index in [1.165, 1.54) is 19.4 Å². The van der Waals surface area contributed by atoms with E-state index in [0.717, 1.165) is 12.8 Å². The summed E-state index contributed by atoms with van der Waals surface area (Å²) in [6, 6.07) is 8.82. The molecule has 9 nitrogen and oxygen atoms in total. The minimum atomic E-state index is -0.698. The number of amides is 1. The molecule has 158 valence electrons. The molecule has 1 amide bonds. The molecule has 0 atom stereocenters. The van der Waals surface area contributed by atoms with Gasteiger partial charge in [0.15, 0.2) is 22.8 Å². The number of para-hydroxylation sites is 1. The van der Waals surface area contributed by atoms with Gasteiger partial charge >= 0.3 is 5.63 Å². The van der Waals surface area contributed by atoms with Crippen LogP contribution in [-0.2, 0) is 0 Å². The Balaban J connectivity index is 1.38. The molecule has 0 bridgehead atoms. The Morgan fingerprint density at radius 2 is 2.10 bits per heavy atom. The summed E-state index contributed by atoms with van der Waals surface area (Å²) in [7, 11) is 1.49. The van der Waals surface area contributed by atoms with Crippen molar-refractivity contribution >= 4 is 22.7 Å². The van der Waals surface area contributed by atoms with Gasteiger partial charge in [0, 0.05) is 37.4 Å². The van der Waals surface area contributed by atoms with Crippen LogP contribution in [0.15, 0.2) is 45.9 Å². The van der Waals surface area contributed by atoms with E-state index in [0.29, 0.717) is 47.9 Å². The zero-order valence-electron chi connectivity index (χ0n) is 17.0. The Morgan fingerprint density at radius 1 is 1.32 bits per heavy atom. The summed E-state index contributed by atoms with van der Waals surface area (Å²) in [5.41, 5.74) is -0.0963. The molecule has 0 radical (unpaired) electrons. The molecule has 4 rings (SSSR count). The van der Waals surface area contributed by atoms with E-state index in [4.69, 9.17) is 9.15 Å². The van der Waals surface area contributed by atoms with Crippen LogP contribution in [0.2, 0.25) is 0 Å². The fourth-order valence-electron chi connectivity index (χ4n) is 3.76. The van der Waals surface area contributed by atoms with Crippen LogP contribution in [0.4, 0.5) is 5.82 Å². The van der Waals surface area contributed by atoms with Crippen molar-refractivity contribution in [3.8, 4) is 11.8 Å². The van der Waals surface area contributed by atoms with Gasteiger partial charge in [0.1, 0.15) is 11.6 Å². The topological polar surface area (TPSA) is 121 Å². The lowest BCUT2D eigenvalue weighted by Gasteiger charge is -2.32. The predicted molar refractivity (Wildman–Crippen MR) is 113 cm³/mol. The van der Waals surface area contributed by atoms with E-state index in [1.54, 1.807) is 24.4 Å². The SMILES string of the molecule is COc1cccc2cc(C(=O)NCC3CCN(c4nccnc4C#N)CC3)c(=O)oc12. The highest BCUT2D eigenvalue weighted by molar-refractivity contribution is 5.97. The first-order valence-electron chi connectivity index (χ1n) is 9.96. The largest absolute Gasteiger partial charge is 0.493 e. The third kappa shape index (κ3) is 4.19. The lowest BCUT2D eigenvalue weighted by Crippen LogP contribution is -2.40. The first-order valence-corrected chi connectivity index (χ1v) is 9.96. The zero-order valence-corrected chi connectivity index (χ0v) is 17.0. The number of benzene rings is 1. The maximum atomic E-state index is 12.6. The van der Waals surface area contributed by atoms with Gasteiger partial charge < -0.3 is 19.4 Å². The van der Waals surface area contributed by atoms with Gasteiger partial charge in [-0.1, -0.05) is 12.1 Å². The number of anilines is 1. The zero-order chi connectivity index (χ0) is 21.8. The highest BCUT2D eigenvalue weighted by Gasteiger charge is 2.23. The van der Waals surface area contributed by atoms with E-state index in [1.807, 2.05) is 4.90 Å². The Bertz CT molecular complexity index is 1210. The number of piperidine rings is 1. The number of nitrogens with zero attached hydrogens (tertiary/aromatic N) is 4. The number of hydrogen-bond donors (Lipinski definition) is 1. The fraction of sp³-hybridized carbons (Fsp3) is 0.318. The Labute approximate surface area is 178 Å². The van der Waals surface area contributed by atoms with Crippen LogP contribution in [0.25, 0.3) is 11.0 Å². The molecule has 1 saturated heterocycles. The minimum Gasteiger partial charge on any atom is -0.493 e. The number of fused-ring (bicyclic) bond motifs is 1. The minimum absolute atomic E-state index is 0.0311. The van der Waals surface area contributed by atoms with Gasteiger partial charge in [-0.25, -0.2) is 14.8 Å². The van der Waals surface area contributed by atoms with Crippen molar-refractivity contribution in [2.45, 2.75) is 12.8 Å². The maximum absolute atomic E-state index is 12.6. The van der Waals surface area contributed by atoms with Gasteiger partial charge in [-0.3, -0.25) is 4.79 Å². The van der Waals surface area contributed by atoms with Crippen LogP contribution in [-0.4, -0.2) is 42.6 Å². The van der Waals surface area contributed by atoms with Crippen molar-refractivity contribution < 1.29 is 13.9 Å². The average molecular weight is 419 g/mol. The van der Waals surface area contributed by atoms with E-state index in [2.05, 4.69) is 21.4 Å². The molecular weight excluding hydrogens is 398 g/mol. The lowest BCUT2D eigenvalue weighted by atomic mass is 9.96. The number of rotatable bonds is 5. The number of carbonyl (C=O) groups is 1. The molecule has 0 aliphatic carbocycles. The first kappa shape index (κ1) is 20.3. The third-order valence-electron chi connectivity index (χ3n) is 5.44. The second-order valence-corrected chi connectivity index (χ2v) is 7.31. The van der Waals surface area contributed by atoms with Crippen LogP contribution < -0.4 is 20.6 Å². The van der Waals surface area contributed by atoms with Crippen molar-refractivity contribution in [3.05, 3.63) is 58.3 Å². The number of ether oxygens (including phenoxy) is 1. The van der Waals surface area contributed by atoms with Crippen LogP contribution in [0.3, 0.4) is 0 Å². The summed E-state index contributed by atoms with van der Waals surface area (Å²) in [5, 5.41) is 12.7. The molecule has 0 unspecified atom stereocenters. The molecule has 31 heavy (non-hydrogen) atoms. The molecule has 1 aliphatic rings. The molecule has 1 N–H and O–H groups in total. The quantitative estimate of drug-likeness (QED) is 0.624. The molecule has 0 saturated carbocycles. The third-order valence-corrected chi connectivity index (χ3v) is 5.44. The van der Waals surface area contributed by atoms with Crippen molar-refractivity contribution in [3.63, 3.8) is 0 Å². The summed E-state index contributed by atoms with van der Waals surface area (Å²) >= 11 is 0. The number of methoxy groups -OCH3 is 1. The first-order chi connectivity index (χ1) is 15.1. The monoisotopic (exact) mass is 419 g/mol. The van der Waals surface area contributed by atoms with Gasteiger partial charge in [0.25, 0.3) is 5.91 Å². The highest BCUT2D eigenvalue weighted by atomic mass is 16.5. The second kappa shape index (κ2) is 8.83. The van der Waals surface area contributed by atoms with E-state index >= 15 is 0 Å². The van der Waals surface area contributed by atoms with Crippen LogP contribution in [0.1, 0.15) is 28.9 Å². The van der Waals surface area contributed by atoms with E-state index in [-0.39, 0.29) is 11.5 Å². The molecular formula is C22H21N5O4. The molecule has 1 aliphatic heterocycles. The summed E-state index contributed by atoms with van der Waals surface area (Å²) in [6.07, 6.45) is 4.73. The smallest absolute Gasteiger partial charge is 0.349 e.